The molecular formula is C33H46O8. The van der Waals surface area contributed by atoms with Crippen LogP contribution in [0.15, 0.2) is 0 Å². The standard InChI is InChI=1S/C18H26O4.C15H20O4/c1-6-7-10-21-17(20)18(5)9-8-14-13(4)15(19)11(2)12(3)16(14)22-18;1-8-9(2)13-11(10(3)12(8)16)6-7-15(4,19-13)14(17)18-5/h19H,6-10H2,1-5H3;16H,6-7H2,1-5H3. The van der Waals surface area contributed by atoms with E-state index in [0.717, 1.165) is 63.1 Å². The maximum Gasteiger partial charge on any atom is 0.350 e. The van der Waals surface area contributed by atoms with Crippen LogP contribution in [-0.2, 0) is 31.9 Å². The zero-order chi connectivity index (χ0) is 30.9. The molecule has 226 valence electrons. The van der Waals surface area contributed by atoms with Crippen molar-refractivity contribution in [1.82, 2.24) is 0 Å². The number of aromatic hydroxyl groups is 2. The first-order valence-electron chi connectivity index (χ1n) is 14.4. The summed E-state index contributed by atoms with van der Waals surface area (Å²) in [7, 11) is 1.37. The van der Waals surface area contributed by atoms with E-state index < -0.39 is 11.2 Å². The van der Waals surface area contributed by atoms with E-state index in [1.54, 1.807) is 13.8 Å². The summed E-state index contributed by atoms with van der Waals surface area (Å²) >= 11 is 0. The number of hydrogen-bond donors (Lipinski definition) is 2. The van der Waals surface area contributed by atoms with Gasteiger partial charge in [-0.1, -0.05) is 13.3 Å². The van der Waals surface area contributed by atoms with E-state index in [1.807, 2.05) is 41.5 Å². The molecule has 2 N–H and O–H groups in total. The molecule has 2 atom stereocenters. The number of rotatable bonds is 5. The van der Waals surface area contributed by atoms with Gasteiger partial charge < -0.3 is 29.2 Å². The normalized spacial score (nSPS) is 20.8. The molecule has 0 aromatic heterocycles. The number of fused-ring (bicyclic) bond motifs is 2. The van der Waals surface area contributed by atoms with Gasteiger partial charge in [0.05, 0.1) is 13.7 Å². The van der Waals surface area contributed by atoms with Gasteiger partial charge in [0.15, 0.2) is 0 Å². The third-order valence-corrected chi connectivity index (χ3v) is 8.82. The van der Waals surface area contributed by atoms with Crippen LogP contribution in [0.3, 0.4) is 0 Å². The number of esters is 2. The van der Waals surface area contributed by atoms with Gasteiger partial charge in [-0.2, -0.15) is 0 Å². The van der Waals surface area contributed by atoms with Gasteiger partial charge in [0.1, 0.15) is 23.0 Å². The number of unbranched alkanes of at least 4 members (excludes halogenated alkanes) is 1. The molecular weight excluding hydrogens is 524 g/mol. The van der Waals surface area contributed by atoms with Gasteiger partial charge in [0.25, 0.3) is 0 Å². The quantitative estimate of drug-likeness (QED) is 0.317. The third kappa shape index (κ3) is 5.97. The van der Waals surface area contributed by atoms with Crippen molar-refractivity contribution in [2.24, 2.45) is 0 Å². The van der Waals surface area contributed by atoms with Crippen LogP contribution >= 0.6 is 0 Å². The van der Waals surface area contributed by atoms with Crippen LogP contribution in [0, 0.1) is 41.5 Å². The fourth-order valence-corrected chi connectivity index (χ4v) is 5.46. The average molecular weight is 571 g/mol. The Balaban J connectivity index is 0.000000228. The number of ether oxygens (including phenoxy) is 4. The highest BCUT2D eigenvalue weighted by molar-refractivity contribution is 5.81. The Morgan fingerprint density at radius 1 is 0.732 bits per heavy atom. The lowest BCUT2D eigenvalue weighted by atomic mass is 9.87. The molecule has 0 spiro atoms. The second-order valence-corrected chi connectivity index (χ2v) is 11.7. The van der Waals surface area contributed by atoms with E-state index >= 15 is 0 Å². The average Bonchev–Trinajstić information content (AvgIpc) is 2.96. The van der Waals surface area contributed by atoms with Gasteiger partial charge in [0.2, 0.25) is 11.2 Å². The summed E-state index contributed by atoms with van der Waals surface area (Å²) in [4.78, 5) is 24.2. The SMILES string of the molecule is CCCCOC(=O)C1(C)CCc2c(C)c(O)c(C)c(C)c2O1.COC(=O)C1(C)CCc2c(C)c(O)c(C)c(C)c2O1. The van der Waals surface area contributed by atoms with Gasteiger partial charge >= 0.3 is 11.9 Å². The minimum atomic E-state index is -0.943. The fraction of sp³-hybridized carbons (Fsp3) is 0.576. The van der Waals surface area contributed by atoms with Gasteiger partial charge in [-0.05, 0) is 108 Å². The number of carbonyl (C=O) groups excluding carboxylic acids is 2. The van der Waals surface area contributed by atoms with Crippen molar-refractivity contribution in [3.8, 4) is 23.0 Å². The van der Waals surface area contributed by atoms with Crippen molar-refractivity contribution in [2.45, 2.75) is 112 Å². The lowest BCUT2D eigenvalue weighted by Gasteiger charge is -2.35. The zero-order valence-electron chi connectivity index (χ0n) is 26.3. The smallest absolute Gasteiger partial charge is 0.350 e. The Labute approximate surface area is 244 Å². The van der Waals surface area contributed by atoms with Gasteiger partial charge in [-0.15, -0.1) is 0 Å². The molecule has 8 heteroatoms. The third-order valence-electron chi connectivity index (χ3n) is 8.82. The van der Waals surface area contributed by atoms with E-state index in [9.17, 15) is 19.8 Å². The van der Waals surface area contributed by atoms with Crippen LogP contribution in [0.1, 0.15) is 91.0 Å². The molecule has 4 rings (SSSR count). The maximum atomic E-state index is 12.4. The molecule has 0 radical (unpaired) electrons. The Morgan fingerprint density at radius 2 is 1.15 bits per heavy atom. The van der Waals surface area contributed by atoms with Crippen molar-refractivity contribution >= 4 is 11.9 Å². The van der Waals surface area contributed by atoms with Gasteiger partial charge in [0, 0.05) is 24.0 Å². The number of phenolic OH excluding ortho intramolecular Hbond substituents is 2. The number of carbonyl (C=O) groups is 2. The van der Waals surface area contributed by atoms with Crippen molar-refractivity contribution < 1.29 is 38.7 Å². The highest BCUT2D eigenvalue weighted by atomic mass is 16.6. The molecule has 2 aliphatic rings. The van der Waals surface area contributed by atoms with Crippen molar-refractivity contribution in [3.05, 3.63) is 44.5 Å². The Hall–Kier alpha value is -3.42. The number of methoxy groups -OCH3 is 1. The molecule has 0 aliphatic carbocycles. The molecule has 2 aromatic rings. The number of phenols is 2. The molecule has 2 aromatic carbocycles. The van der Waals surface area contributed by atoms with E-state index in [0.29, 0.717) is 49.5 Å². The topological polar surface area (TPSA) is 112 Å². The largest absolute Gasteiger partial charge is 0.507 e. The van der Waals surface area contributed by atoms with Crippen LogP contribution in [0.25, 0.3) is 0 Å². The molecule has 0 amide bonds. The van der Waals surface area contributed by atoms with Gasteiger partial charge in [-0.3, -0.25) is 0 Å². The predicted octanol–water partition coefficient (Wildman–Crippen LogP) is 6.32. The highest BCUT2D eigenvalue weighted by Gasteiger charge is 2.43. The molecule has 0 fully saturated rings. The summed E-state index contributed by atoms with van der Waals surface area (Å²) in [6.07, 6.45) is 4.37. The maximum absolute atomic E-state index is 12.4. The van der Waals surface area contributed by atoms with E-state index in [1.165, 1.54) is 7.11 Å². The molecule has 41 heavy (non-hydrogen) atoms. The minimum Gasteiger partial charge on any atom is -0.507 e. The van der Waals surface area contributed by atoms with E-state index in [4.69, 9.17) is 18.9 Å². The molecule has 0 bridgehead atoms. The second kappa shape index (κ2) is 12.2. The number of hydrogen-bond acceptors (Lipinski definition) is 8. The fourth-order valence-electron chi connectivity index (χ4n) is 5.46. The van der Waals surface area contributed by atoms with E-state index in [2.05, 4.69) is 6.92 Å². The Morgan fingerprint density at radius 3 is 1.54 bits per heavy atom. The zero-order valence-corrected chi connectivity index (χ0v) is 26.3. The lowest BCUT2D eigenvalue weighted by Crippen LogP contribution is -2.46. The first kappa shape index (κ1) is 32.1. The molecule has 0 saturated carbocycles. The molecule has 2 aliphatic heterocycles. The second-order valence-electron chi connectivity index (χ2n) is 11.7. The van der Waals surface area contributed by atoms with Crippen LogP contribution in [0.2, 0.25) is 0 Å². The summed E-state index contributed by atoms with van der Waals surface area (Å²) in [5.41, 5.74) is 5.17. The summed E-state index contributed by atoms with van der Waals surface area (Å²) in [5, 5.41) is 20.3. The minimum absolute atomic E-state index is 0.297. The van der Waals surface area contributed by atoms with Gasteiger partial charge in [-0.25, -0.2) is 9.59 Å². The van der Waals surface area contributed by atoms with Crippen LogP contribution in [-0.4, -0.2) is 47.1 Å². The summed E-state index contributed by atoms with van der Waals surface area (Å²) in [6, 6.07) is 0. The summed E-state index contributed by atoms with van der Waals surface area (Å²) < 4.78 is 22.2. The highest BCUT2D eigenvalue weighted by Crippen LogP contribution is 2.44. The summed E-state index contributed by atoms with van der Waals surface area (Å²) in [6.45, 7) is 17.4. The first-order valence-corrected chi connectivity index (χ1v) is 14.4. The van der Waals surface area contributed by atoms with Crippen molar-refractivity contribution in [1.29, 1.82) is 0 Å². The molecule has 8 nitrogen and oxygen atoms in total. The predicted molar refractivity (Wildman–Crippen MR) is 157 cm³/mol. The van der Waals surface area contributed by atoms with Crippen molar-refractivity contribution in [3.63, 3.8) is 0 Å². The van der Waals surface area contributed by atoms with Crippen LogP contribution < -0.4 is 9.47 Å². The monoisotopic (exact) mass is 570 g/mol. The van der Waals surface area contributed by atoms with Crippen LogP contribution in [0.5, 0.6) is 23.0 Å². The van der Waals surface area contributed by atoms with E-state index in [-0.39, 0.29) is 11.9 Å². The Bertz CT molecular complexity index is 1340. The van der Waals surface area contributed by atoms with Crippen molar-refractivity contribution in [2.75, 3.05) is 13.7 Å². The lowest BCUT2D eigenvalue weighted by molar-refractivity contribution is -0.162. The number of benzene rings is 2. The van der Waals surface area contributed by atoms with Crippen LogP contribution in [0.4, 0.5) is 0 Å². The summed E-state index contributed by atoms with van der Waals surface area (Å²) in [5.74, 6) is 1.44. The molecule has 0 saturated heterocycles. The molecule has 2 unspecified atom stereocenters. The first-order chi connectivity index (χ1) is 19.1. The Kier molecular flexibility index (Phi) is 9.56. The molecule has 2 heterocycles.